The maximum atomic E-state index is 10.3. The lowest BCUT2D eigenvalue weighted by atomic mass is 10.0. The maximum Gasteiger partial charge on any atom is 0.115 e. The Morgan fingerprint density at radius 1 is 1.41 bits per heavy atom. The van der Waals surface area contributed by atoms with Crippen LogP contribution in [0, 0.1) is 0 Å². The van der Waals surface area contributed by atoms with Crippen LogP contribution in [0.4, 0.5) is 0 Å². The van der Waals surface area contributed by atoms with Crippen LogP contribution >= 0.6 is 0 Å². The van der Waals surface area contributed by atoms with Gasteiger partial charge in [0, 0.05) is 12.1 Å². The molecule has 0 amide bonds. The topological polar surface area (TPSA) is 52.5 Å². The summed E-state index contributed by atoms with van der Waals surface area (Å²) in [7, 11) is 0. The third-order valence-electron chi connectivity index (χ3n) is 3.51. The number of hydrogen-bond acceptors (Lipinski definition) is 3. The minimum absolute atomic E-state index is 0.119. The van der Waals surface area contributed by atoms with Gasteiger partial charge in [0.05, 0.1) is 6.10 Å². The first-order valence-electron chi connectivity index (χ1n) is 6.43. The molecule has 0 aliphatic carbocycles. The molecule has 0 unspecified atom stereocenters. The van der Waals surface area contributed by atoms with Crippen LogP contribution < -0.4 is 5.32 Å². The van der Waals surface area contributed by atoms with Crippen LogP contribution in [0.15, 0.2) is 24.3 Å². The quantitative estimate of drug-likeness (QED) is 0.751. The van der Waals surface area contributed by atoms with Crippen molar-refractivity contribution in [3.05, 3.63) is 29.8 Å². The highest BCUT2D eigenvalue weighted by Gasteiger charge is 2.29. The number of aromatic hydroxyl groups is 1. The van der Waals surface area contributed by atoms with Gasteiger partial charge >= 0.3 is 0 Å². The number of aliphatic hydroxyl groups excluding tert-OH is 1. The summed E-state index contributed by atoms with van der Waals surface area (Å²) in [5, 5.41) is 23.1. The lowest BCUT2D eigenvalue weighted by Gasteiger charge is -2.20. The van der Waals surface area contributed by atoms with Gasteiger partial charge in [0.25, 0.3) is 0 Å². The molecule has 3 N–H and O–H groups in total. The van der Waals surface area contributed by atoms with Crippen molar-refractivity contribution in [3.63, 3.8) is 0 Å². The molecule has 1 fully saturated rings. The van der Waals surface area contributed by atoms with E-state index in [1.807, 2.05) is 6.07 Å². The van der Waals surface area contributed by atoms with E-state index in [-0.39, 0.29) is 11.8 Å². The average Bonchev–Trinajstić information content (AvgIpc) is 2.77. The molecule has 1 aliphatic heterocycles. The van der Waals surface area contributed by atoms with Gasteiger partial charge in [0.15, 0.2) is 0 Å². The molecule has 1 heterocycles. The summed E-state index contributed by atoms with van der Waals surface area (Å²) in [6, 6.07) is 7.55. The number of nitrogens with one attached hydrogen (secondary N) is 1. The maximum absolute atomic E-state index is 10.3. The zero-order chi connectivity index (χ0) is 12.3. The van der Waals surface area contributed by atoms with Crippen LogP contribution in [0.5, 0.6) is 5.75 Å². The van der Waals surface area contributed by atoms with Gasteiger partial charge < -0.3 is 15.5 Å². The number of rotatable bonds is 4. The molecule has 1 aliphatic rings. The molecule has 3 nitrogen and oxygen atoms in total. The van der Waals surface area contributed by atoms with Crippen LogP contribution in [0.1, 0.15) is 44.3 Å². The van der Waals surface area contributed by atoms with Crippen LogP contribution in [0.3, 0.4) is 0 Å². The Morgan fingerprint density at radius 2 is 2.24 bits per heavy atom. The molecule has 2 rings (SSSR count). The highest BCUT2D eigenvalue weighted by molar-refractivity contribution is 5.29. The fourth-order valence-electron chi connectivity index (χ4n) is 2.62. The van der Waals surface area contributed by atoms with Crippen LogP contribution in [-0.4, -0.2) is 22.3 Å². The minimum atomic E-state index is -0.524. The zero-order valence-corrected chi connectivity index (χ0v) is 10.3. The molecule has 1 saturated heterocycles. The molecular formula is C14H21NO2. The van der Waals surface area contributed by atoms with Crippen molar-refractivity contribution in [2.75, 3.05) is 0 Å². The second-order valence-electron chi connectivity index (χ2n) is 4.88. The predicted molar refractivity (Wildman–Crippen MR) is 67.9 cm³/mol. The molecule has 0 aromatic heterocycles. The number of aliphatic hydroxyl groups is 1. The van der Waals surface area contributed by atoms with E-state index in [4.69, 9.17) is 0 Å². The standard InChI is InChI=1S/C14H21NO2/c1-2-4-11-7-8-13(15-11)14(17)10-5-3-6-12(16)9-10/h3,5-6,9,11,13-17H,2,4,7-8H2,1H3/t11-,13-,14+/m1/s1. The zero-order valence-electron chi connectivity index (χ0n) is 10.3. The van der Waals surface area contributed by atoms with E-state index in [0.29, 0.717) is 6.04 Å². The van der Waals surface area contributed by atoms with Crippen LogP contribution in [0.25, 0.3) is 0 Å². The van der Waals surface area contributed by atoms with Crippen molar-refractivity contribution in [1.82, 2.24) is 5.32 Å². The fourth-order valence-corrected chi connectivity index (χ4v) is 2.62. The van der Waals surface area contributed by atoms with Gasteiger partial charge in [-0.25, -0.2) is 0 Å². The van der Waals surface area contributed by atoms with Gasteiger partial charge in [-0.15, -0.1) is 0 Å². The number of benzene rings is 1. The summed E-state index contributed by atoms with van der Waals surface area (Å²) >= 11 is 0. The minimum Gasteiger partial charge on any atom is -0.508 e. The van der Waals surface area contributed by atoms with E-state index in [0.717, 1.165) is 18.4 Å². The lowest BCUT2D eigenvalue weighted by Crippen LogP contribution is -2.33. The van der Waals surface area contributed by atoms with Gasteiger partial charge in [-0.1, -0.05) is 25.5 Å². The Bertz CT molecular complexity index is 367. The van der Waals surface area contributed by atoms with E-state index >= 15 is 0 Å². The first-order chi connectivity index (χ1) is 8.20. The summed E-state index contributed by atoms with van der Waals surface area (Å²) in [6.07, 6.45) is 3.95. The van der Waals surface area contributed by atoms with Gasteiger partial charge in [0.2, 0.25) is 0 Å². The van der Waals surface area contributed by atoms with Crippen molar-refractivity contribution >= 4 is 0 Å². The smallest absolute Gasteiger partial charge is 0.115 e. The highest BCUT2D eigenvalue weighted by Crippen LogP contribution is 2.28. The van der Waals surface area contributed by atoms with E-state index in [1.54, 1.807) is 18.2 Å². The molecule has 1 aromatic carbocycles. The van der Waals surface area contributed by atoms with Crippen molar-refractivity contribution < 1.29 is 10.2 Å². The first kappa shape index (κ1) is 12.4. The summed E-state index contributed by atoms with van der Waals surface area (Å²) < 4.78 is 0. The van der Waals surface area contributed by atoms with Crippen molar-refractivity contribution in [2.45, 2.75) is 50.8 Å². The summed E-state index contributed by atoms with van der Waals surface area (Å²) in [5.41, 5.74) is 0.791. The SMILES string of the molecule is CCC[C@@H]1CC[C@H]([C@@H](O)c2cccc(O)c2)N1. The van der Waals surface area contributed by atoms with Gasteiger partial charge in [-0.3, -0.25) is 0 Å². The Hall–Kier alpha value is -1.06. The molecule has 0 radical (unpaired) electrons. The second kappa shape index (κ2) is 5.52. The molecule has 0 bridgehead atoms. The molecule has 94 valence electrons. The highest BCUT2D eigenvalue weighted by atomic mass is 16.3. The Balaban J connectivity index is 1.99. The van der Waals surface area contributed by atoms with Crippen molar-refractivity contribution in [2.24, 2.45) is 0 Å². The third-order valence-corrected chi connectivity index (χ3v) is 3.51. The van der Waals surface area contributed by atoms with Gasteiger partial charge in [0.1, 0.15) is 5.75 Å². The molecule has 0 saturated carbocycles. The summed E-state index contributed by atoms with van der Waals surface area (Å²) in [4.78, 5) is 0. The number of hydrogen-bond donors (Lipinski definition) is 3. The van der Waals surface area contributed by atoms with Crippen LogP contribution in [0.2, 0.25) is 0 Å². The van der Waals surface area contributed by atoms with E-state index < -0.39 is 6.10 Å². The second-order valence-corrected chi connectivity index (χ2v) is 4.88. The fraction of sp³-hybridized carbons (Fsp3) is 0.571. The third kappa shape index (κ3) is 2.99. The normalized spacial score (nSPS) is 26.0. The van der Waals surface area contributed by atoms with Crippen molar-refractivity contribution in [1.29, 1.82) is 0 Å². The Morgan fingerprint density at radius 3 is 2.94 bits per heavy atom. The Kier molecular flexibility index (Phi) is 4.02. The predicted octanol–water partition coefficient (Wildman–Crippen LogP) is 2.35. The van der Waals surface area contributed by atoms with Gasteiger partial charge in [-0.2, -0.15) is 0 Å². The molecule has 3 heteroatoms. The Labute approximate surface area is 102 Å². The van der Waals surface area contributed by atoms with E-state index in [9.17, 15) is 10.2 Å². The average molecular weight is 235 g/mol. The molecule has 17 heavy (non-hydrogen) atoms. The summed E-state index contributed by atoms with van der Waals surface area (Å²) in [5.74, 6) is 0.213. The monoisotopic (exact) mass is 235 g/mol. The molecule has 0 spiro atoms. The largest absolute Gasteiger partial charge is 0.508 e. The summed E-state index contributed by atoms with van der Waals surface area (Å²) in [6.45, 7) is 2.18. The van der Waals surface area contributed by atoms with Crippen molar-refractivity contribution in [3.8, 4) is 5.75 Å². The number of phenolic OH excluding ortho intramolecular Hbond substituents is 1. The number of phenols is 1. The first-order valence-corrected chi connectivity index (χ1v) is 6.43. The lowest BCUT2D eigenvalue weighted by molar-refractivity contribution is 0.134. The van der Waals surface area contributed by atoms with E-state index in [1.165, 1.54) is 12.8 Å². The molecule has 3 atom stereocenters. The van der Waals surface area contributed by atoms with E-state index in [2.05, 4.69) is 12.2 Å². The molecule has 1 aromatic rings. The van der Waals surface area contributed by atoms with Gasteiger partial charge in [-0.05, 0) is 37.0 Å². The van der Waals surface area contributed by atoms with Crippen LogP contribution in [-0.2, 0) is 0 Å². The molecular weight excluding hydrogens is 214 g/mol.